The number of carbonyl (C=O) groups excluding carboxylic acids is 1. The van der Waals surface area contributed by atoms with E-state index in [1.54, 1.807) is 6.92 Å². The Kier molecular flexibility index (Phi) is 4.70. The van der Waals surface area contributed by atoms with Gasteiger partial charge >= 0.3 is 0 Å². The minimum absolute atomic E-state index is 0.217. The molecule has 0 bridgehead atoms. The highest BCUT2D eigenvalue weighted by Gasteiger charge is 2.19. The van der Waals surface area contributed by atoms with Crippen LogP contribution < -0.4 is 5.32 Å². The molecular weight excluding hydrogens is 379 g/mol. The van der Waals surface area contributed by atoms with Crippen molar-refractivity contribution in [3.8, 4) is 22.2 Å². The maximum atomic E-state index is 13.3. The number of hydrogen-bond donors (Lipinski definition) is 1. The molecule has 0 fully saturated rings. The summed E-state index contributed by atoms with van der Waals surface area (Å²) in [6.07, 6.45) is 0. The molecule has 0 saturated carbocycles. The minimum Gasteiger partial charge on any atom is -0.333 e. The number of benzene rings is 2. The molecule has 0 spiro atoms. The Hall–Kier alpha value is -3.39. The van der Waals surface area contributed by atoms with Crippen molar-refractivity contribution < 1.29 is 13.7 Å². The number of aryl methyl sites for hydroxylation is 2. The maximum Gasteiger partial charge on any atom is 0.270 e. The van der Waals surface area contributed by atoms with Crippen LogP contribution in [0.25, 0.3) is 22.2 Å². The summed E-state index contributed by atoms with van der Waals surface area (Å²) in [4.78, 5) is 21.7. The SMILES string of the molecule is Cc1cccc(-c2noc(-c3sc(NC(=O)c4cccc(F)c4)nc3C)n2)c1. The molecule has 2 heterocycles. The third-order valence-corrected chi connectivity index (χ3v) is 5.06. The normalized spacial score (nSPS) is 10.8. The van der Waals surface area contributed by atoms with Gasteiger partial charge in [0.15, 0.2) is 5.13 Å². The van der Waals surface area contributed by atoms with Gasteiger partial charge in [-0.25, -0.2) is 9.37 Å². The summed E-state index contributed by atoms with van der Waals surface area (Å²) in [5.74, 6) is -0.0985. The quantitative estimate of drug-likeness (QED) is 0.534. The van der Waals surface area contributed by atoms with Crippen molar-refractivity contribution >= 4 is 22.4 Å². The largest absolute Gasteiger partial charge is 0.333 e. The predicted octanol–water partition coefficient (Wildman–Crippen LogP) is 4.87. The third kappa shape index (κ3) is 3.67. The highest BCUT2D eigenvalue weighted by Crippen LogP contribution is 2.33. The minimum atomic E-state index is -0.474. The van der Waals surface area contributed by atoms with Crippen molar-refractivity contribution in [1.82, 2.24) is 15.1 Å². The third-order valence-electron chi connectivity index (χ3n) is 4.00. The fraction of sp³-hybridized carbons (Fsp3) is 0.100. The molecule has 0 unspecified atom stereocenters. The number of amides is 1. The van der Waals surface area contributed by atoms with E-state index in [1.807, 2.05) is 31.2 Å². The molecule has 0 aliphatic heterocycles. The van der Waals surface area contributed by atoms with Crippen LogP contribution in [-0.4, -0.2) is 21.0 Å². The Morgan fingerprint density at radius 1 is 1.11 bits per heavy atom. The molecule has 0 aliphatic rings. The lowest BCUT2D eigenvalue weighted by Gasteiger charge is -2.01. The van der Waals surface area contributed by atoms with Crippen LogP contribution in [0.5, 0.6) is 0 Å². The van der Waals surface area contributed by atoms with E-state index in [2.05, 4.69) is 20.4 Å². The van der Waals surface area contributed by atoms with E-state index in [9.17, 15) is 9.18 Å². The number of carbonyl (C=O) groups is 1. The molecule has 8 heteroatoms. The Morgan fingerprint density at radius 3 is 2.71 bits per heavy atom. The molecule has 1 amide bonds. The first-order chi connectivity index (χ1) is 13.5. The summed E-state index contributed by atoms with van der Waals surface area (Å²) < 4.78 is 18.7. The molecule has 0 aliphatic carbocycles. The average molecular weight is 394 g/mol. The summed E-state index contributed by atoms with van der Waals surface area (Å²) in [5.41, 5.74) is 2.82. The van der Waals surface area contributed by atoms with Gasteiger partial charge in [-0.1, -0.05) is 46.3 Å². The van der Waals surface area contributed by atoms with Gasteiger partial charge in [-0.3, -0.25) is 10.1 Å². The van der Waals surface area contributed by atoms with Gasteiger partial charge in [-0.15, -0.1) is 0 Å². The van der Waals surface area contributed by atoms with Crippen LogP contribution >= 0.6 is 11.3 Å². The fourth-order valence-electron chi connectivity index (χ4n) is 2.66. The molecule has 0 atom stereocenters. The second kappa shape index (κ2) is 7.32. The van der Waals surface area contributed by atoms with Crippen molar-refractivity contribution in [3.63, 3.8) is 0 Å². The van der Waals surface area contributed by atoms with Crippen molar-refractivity contribution in [2.45, 2.75) is 13.8 Å². The highest BCUT2D eigenvalue weighted by atomic mass is 32.1. The summed E-state index contributed by atoms with van der Waals surface area (Å²) in [5, 5.41) is 7.08. The molecule has 2 aromatic carbocycles. The van der Waals surface area contributed by atoms with Crippen molar-refractivity contribution in [1.29, 1.82) is 0 Å². The number of anilines is 1. The molecule has 0 radical (unpaired) electrons. The summed E-state index contributed by atoms with van der Waals surface area (Å²) >= 11 is 1.22. The van der Waals surface area contributed by atoms with E-state index in [0.717, 1.165) is 11.1 Å². The van der Waals surface area contributed by atoms with E-state index in [0.29, 0.717) is 27.4 Å². The summed E-state index contributed by atoms with van der Waals surface area (Å²) in [6.45, 7) is 3.78. The maximum absolute atomic E-state index is 13.3. The molecule has 4 aromatic rings. The molecule has 0 saturated heterocycles. The van der Waals surface area contributed by atoms with Crippen LogP contribution in [0.2, 0.25) is 0 Å². The number of nitrogens with one attached hydrogen (secondary N) is 1. The Labute approximate surface area is 164 Å². The van der Waals surface area contributed by atoms with E-state index in [1.165, 1.54) is 35.6 Å². The van der Waals surface area contributed by atoms with E-state index in [4.69, 9.17) is 4.52 Å². The predicted molar refractivity (Wildman–Crippen MR) is 105 cm³/mol. The molecule has 6 nitrogen and oxygen atoms in total. The summed E-state index contributed by atoms with van der Waals surface area (Å²) in [6, 6.07) is 13.3. The lowest BCUT2D eigenvalue weighted by molar-refractivity contribution is 0.102. The highest BCUT2D eigenvalue weighted by molar-refractivity contribution is 7.19. The number of aromatic nitrogens is 3. The van der Waals surface area contributed by atoms with Crippen LogP contribution in [0, 0.1) is 19.7 Å². The van der Waals surface area contributed by atoms with Crippen LogP contribution in [0.3, 0.4) is 0 Å². The topological polar surface area (TPSA) is 80.9 Å². The first kappa shape index (κ1) is 18.0. The first-order valence-corrected chi connectivity index (χ1v) is 9.27. The van der Waals surface area contributed by atoms with Gasteiger partial charge in [0, 0.05) is 11.1 Å². The van der Waals surface area contributed by atoms with Gasteiger partial charge in [-0.2, -0.15) is 4.98 Å². The second-order valence-electron chi connectivity index (χ2n) is 6.19. The lowest BCUT2D eigenvalue weighted by atomic mass is 10.1. The number of rotatable bonds is 4. The number of thiazole rings is 1. The standard InChI is InChI=1S/C20H15FN4O2S/c1-11-5-3-6-13(9-11)17-23-19(27-25-17)16-12(2)22-20(28-16)24-18(26)14-7-4-8-15(21)10-14/h3-10H,1-2H3,(H,22,24,26). The zero-order valence-corrected chi connectivity index (χ0v) is 15.9. The van der Waals surface area contributed by atoms with Crippen molar-refractivity contribution in [3.05, 3.63) is 71.2 Å². The van der Waals surface area contributed by atoms with Gasteiger partial charge < -0.3 is 4.52 Å². The van der Waals surface area contributed by atoms with Crippen molar-refractivity contribution in [2.24, 2.45) is 0 Å². The molecule has 4 rings (SSSR count). The molecular formula is C20H15FN4O2S. The Morgan fingerprint density at radius 2 is 1.93 bits per heavy atom. The second-order valence-corrected chi connectivity index (χ2v) is 7.19. The van der Waals surface area contributed by atoms with E-state index in [-0.39, 0.29) is 5.56 Å². The number of halogens is 1. The van der Waals surface area contributed by atoms with Crippen LogP contribution in [0.1, 0.15) is 21.6 Å². The molecule has 2 aromatic heterocycles. The molecule has 1 N–H and O–H groups in total. The molecule has 140 valence electrons. The van der Waals surface area contributed by atoms with Gasteiger partial charge in [0.25, 0.3) is 11.8 Å². The van der Waals surface area contributed by atoms with E-state index < -0.39 is 11.7 Å². The lowest BCUT2D eigenvalue weighted by Crippen LogP contribution is -2.11. The Balaban J connectivity index is 1.57. The van der Waals surface area contributed by atoms with E-state index >= 15 is 0 Å². The number of hydrogen-bond acceptors (Lipinski definition) is 6. The first-order valence-electron chi connectivity index (χ1n) is 8.45. The monoisotopic (exact) mass is 394 g/mol. The van der Waals surface area contributed by atoms with Crippen LogP contribution in [0.15, 0.2) is 53.1 Å². The van der Waals surface area contributed by atoms with Gasteiger partial charge in [0.2, 0.25) is 5.82 Å². The van der Waals surface area contributed by atoms with Gasteiger partial charge in [-0.05, 0) is 38.1 Å². The van der Waals surface area contributed by atoms with Crippen molar-refractivity contribution in [2.75, 3.05) is 5.32 Å². The zero-order valence-electron chi connectivity index (χ0n) is 15.1. The fourth-order valence-corrected chi connectivity index (χ4v) is 3.55. The number of nitrogens with zero attached hydrogens (tertiary/aromatic N) is 3. The molecule has 28 heavy (non-hydrogen) atoms. The zero-order chi connectivity index (χ0) is 19.7. The Bertz CT molecular complexity index is 1170. The van der Waals surface area contributed by atoms with Crippen LogP contribution in [0.4, 0.5) is 9.52 Å². The average Bonchev–Trinajstić information content (AvgIpc) is 3.28. The van der Waals surface area contributed by atoms with Crippen LogP contribution in [-0.2, 0) is 0 Å². The van der Waals surface area contributed by atoms with Gasteiger partial charge in [0.05, 0.1) is 5.69 Å². The van der Waals surface area contributed by atoms with Gasteiger partial charge in [0.1, 0.15) is 10.7 Å². The summed E-state index contributed by atoms with van der Waals surface area (Å²) in [7, 11) is 0. The smallest absolute Gasteiger partial charge is 0.270 e.